The summed E-state index contributed by atoms with van der Waals surface area (Å²) >= 11 is 0. The molecule has 2 aromatic heterocycles. The molecule has 0 spiro atoms. The molecule has 0 saturated heterocycles. The Balaban J connectivity index is 1.24. The fourth-order valence-electron chi connectivity index (χ4n) is 4.47. The summed E-state index contributed by atoms with van der Waals surface area (Å²) in [6, 6.07) is 18.1. The zero-order chi connectivity index (χ0) is 33.4. The Morgan fingerprint density at radius 2 is 1.53 bits per heavy atom. The van der Waals surface area contributed by atoms with Gasteiger partial charge in [0.1, 0.15) is 42.6 Å². The number of halogens is 6. The van der Waals surface area contributed by atoms with Crippen LogP contribution in [0.2, 0.25) is 0 Å². The van der Waals surface area contributed by atoms with E-state index in [9.17, 15) is 22.7 Å². The summed E-state index contributed by atoms with van der Waals surface area (Å²) in [6.07, 6.45) is -0.463. The molecule has 1 atom stereocenters. The molecule has 0 aliphatic heterocycles. The minimum atomic E-state index is -4.19. The number of aromatic nitrogens is 5. The van der Waals surface area contributed by atoms with Crippen molar-refractivity contribution in [1.29, 1.82) is 0 Å². The largest absolute Gasteiger partial charge is 0.489 e. The lowest BCUT2D eigenvalue weighted by molar-refractivity contribution is -0.207. The zero-order valence-electron chi connectivity index (χ0n) is 24.3. The van der Waals surface area contributed by atoms with E-state index in [0.29, 0.717) is 17.4 Å². The third kappa shape index (κ3) is 8.13. The number of hydrogen-bond donors (Lipinski definition) is 1. The molecule has 5 rings (SSSR count). The summed E-state index contributed by atoms with van der Waals surface area (Å²) in [5.74, 6) is -0.296. The average Bonchev–Trinajstić information content (AvgIpc) is 3.56. The number of benzene rings is 3. The summed E-state index contributed by atoms with van der Waals surface area (Å²) in [4.78, 5) is 3.80. The third-order valence-electron chi connectivity index (χ3n) is 6.91. The highest BCUT2D eigenvalue weighted by Gasteiger charge is 2.58. The number of ether oxygens (including phenoxy) is 2. The van der Waals surface area contributed by atoms with Crippen LogP contribution in [0.4, 0.5) is 26.3 Å². The van der Waals surface area contributed by atoms with Crippen LogP contribution in [0.5, 0.6) is 5.75 Å². The Morgan fingerprint density at radius 3 is 2.15 bits per heavy atom. The molecular formula is C33H25F6N5O3. The first kappa shape index (κ1) is 33.1. The van der Waals surface area contributed by atoms with Gasteiger partial charge in [-0.1, -0.05) is 36.1 Å². The SMILES string of the molecule is OC(Cn1cnnn1)(c1ccc(F)cc1F)C(F)(F)c1ccc(C#Cc2ccc(OCc3ccc(COCC(F)F)cc3)cc2)cn1. The number of nitrogens with zero attached hydrogens (tertiary/aromatic N) is 5. The van der Waals surface area contributed by atoms with E-state index in [2.05, 4.69) is 32.4 Å². The summed E-state index contributed by atoms with van der Waals surface area (Å²) in [6.45, 7) is -1.23. The molecule has 0 aliphatic carbocycles. The molecule has 14 heteroatoms. The van der Waals surface area contributed by atoms with Crippen molar-refractivity contribution in [3.8, 4) is 17.6 Å². The number of pyridine rings is 1. The van der Waals surface area contributed by atoms with Gasteiger partial charge in [0.25, 0.3) is 6.43 Å². The van der Waals surface area contributed by atoms with Crippen LogP contribution in [0.1, 0.15) is 33.5 Å². The van der Waals surface area contributed by atoms with Crippen LogP contribution >= 0.6 is 0 Å². The maximum Gasteiger partial charge on any atom is 0.323 e. The van der Waals surface area contributed by atoms with Crippen LogP contribution in [0.25, 0.3) is 0 Å². The molecule has 0 saturated carbocycles. The molecule has 8 nitrogen and oxygen atoms in total. The van der Waals surface area contributed by atoms with Gasteiger partial charge in [-0.3, -0.25) is 4.98 Å². The number of rotatable bonds is 12. The van der Waals surface area contributed by atoms with Crippen molar-refractivity contribution in [2.45, 2.75) is 37.7 Å². The van der Waals surface area contributed by atoms with Gasteiger partial charge >= 0.3 is 5.92 Å². The van der Waals surface area contributed by atoms with Gasteiger partial charge in [-0.2, -0.15) is 8.78 Å². The molecule has 5 aromatic rings. The van der Waals surface area contributed by atoms with Crippen molar-refractivity contribution in [2.24, 2.45) is 0 Å². The van der Waals surface area contributed by atoms with Crippen molar-refractivity contribution >= 4 is 0 Å². The molecule has 0 amide bonds. The minimum Gasteiger partial charge on any atom is -0.489 e. The molecule has 0 radical (unpaired) electrons. The second-order valence-corrected chi connectivity index (χ2v) is 10.3. The molecule has 242 valence electrons. The van der Waals surface area contributed by atoms with Crippen molar-refractivity contribution < 1.29 is 40.9 Å². The average molecular weight is 654 g/mol. The Kier molecular flexibility index (Phi) is 10.2. The third-order valence-corrected chi connectivity index (χ3v) is 6.91. The molecule has 2 heterocycles. The van der Waals surface area contributed by atoms with E-state index in [1.807, 2.05) is 12.1 Å². The molecule has 1 unspecified atom stereocenters. The maximum atomic E-state index is 15.9. The maximum absolute atomic E-state index is 15.9. The Hall–Kier alpha value is -5.26. The quantitative estimate of drug-likeness (QED) is 0.135. The second kappa shape index (κ2) is 14.4. The van der Waals surface area contributed by atoms with E-state index in [0.717, 1.165) is 46.5 Å². The van der Waals surface area contributed by atoms with E-state index >= 15 is 8.78 Å². The number of aliphatic hydroxyl groups is 1. The van der Waals surface area contributed by atoms with Crippen LogP contribution in [0, 0.1) is 23.5 Å². The Morgan fingerprint density at radius 1 is 0.851 bits per heavy atom. The first-order chi connectivity index (χ1) is 22.5. The van der Waals surface area contributed by atoms with Gasteiger partial charge in [0, 0.05) is 29.0 Å². The minimum absolute atomic E-state index is 0.0890. The van der Waals surface area contributed by atoms with Gasteiger partial charge in [0.15, 0.2) is 5.60 Å². The molecule has 0 bridgehead atoms. The van der Waals surface area contributed by atoms with Gasteiger partial charge in [-0.25, -0.2) is 22.2 Å². The number of hydrogen-bond acceptors (Lipinski definition) is 7. The van der Waals surface area contributed by atoms with E-state index in [-0.39, 0.29) is 18.8 Å². The molecule has 3 aromatic carbocycles. The lowest BCUT2D eigenvalue weighted by Gasteiger charge is -2.35. The van der Waals surface area contributed by atoms with E-state index in [1.165, 1.54) is 6.07 Å². The van der Waals surface area contributed by atoms with Gasteiger partial charge in [0.05, 0.1) is 13.2 Å². The normalized spacial score (nSPS) is 12.8. The summed E-state index contributed by atoms with van der Waals surface area (Å²) in [5, 5.41) is 21.5. The zero-order valence-corrected chi connectivity index (χ0v) is 24.3. The van der Waals surface area contributed by atoms with Gasteiger partial charge in [-0.15, -0.1) is 5.10 Å². The molecule has 0 fully saturated rings. The molecule has 0 aliphatic rings. The van der Waals surface area contributed by atoms with Crippen LogP contribution in [0.15, 0.2) is 91.4 Å². The predicted octanol–water partition coefficient (Wildman–Crippen LogP) is 5.79. The van der Waals surface area contributed by atoms with Crippen LogP contribution in [-0.4, -0.2) is 43.3 Å². The summed E-state index contributed by atoms with van der Waals surface area (Å²) in [7, 11) is 0. The van der Waals surface area contributed by atoms with Gasteiger partial charge in [0.2, 0.25) is 0 Å². The van der Waals surface area contributed by atoms with Crippen molar-refractivity contribution in [3.05, 3.63) is 137 Å². The molecule has 47 heavy (non-hydrogen) atoms. The topological polar surface area (TPSA) is 95.2 Å². The molecular weight excluding hydrogens is 628 g/mol. The first-order valence-corrected chi connectivity index (χ1v) is 13.9. The highest BCUT2D eigenvalue weighted by molar-refractivity contribution is 5.44. The lowest BCUT2D eigenvalue weighted by Crippen LogP contribution is -2.48. The van der Waals surface area contributed by atoms with Gasteiger partial charge < -0.3 is 14.6 Å². The molecule has 1 N–H and O–H groups in total. The van der Waals surface area contributed by atoms with E-state index in [4.69, 9.17) is 9.47 Å². The standard InChI is InChI=1S/C33H25F6N5O3/c34-26-10-13-28(29(35)15-26)32(45,20-44-21-41-42-43-44)33(38,39)30-14-9-23(16-40-30)2-1-22-7-11-27(12-8-22)47-18-25-5-3-24(4-6-25)17-46-19-31(36)37/h3-16,21,31,45H,17-20H2. The Bertz CT molecular complexity index is 1830. The van der Waals surface area contributed by atoms with Crippen LogP contribution < -0.4 is 4.74 Å². The smallest absolute Gasteiger partial charge is 0.323 e. The number of tetrazole rings is 1. The fourth-order valence-corrected chi connectivity index (χ4v) is 4.47. The lowest BCUT2D eigenvalue weighted by atomic mass is 9.84. The second-order valence-electron chi connectivity index (χ2n) is 10.3. The number of alkyl halides is 4. The van der Waals surface area contributed by atoms with Gasteiger partial charge in [-0.05, 0) is 70.1 Å². The predicted molar refractivity (Wildman–Crippen MR) is 155 cm³/mol. The highest BCUT2D eigenvalue weighted by atomic mass is 19.3. The van der Waals surface area contributed by atoms with Crippen LogP contribution in [0.3, 0.4) is 0 Å². The monoisotopic (exact) mass is 653 g/mol. The summed E-state index contributed by atoms with van der Waals surface area (Å²) < 4.78 is 96.0. The fraction of sp³-hybridized carbons (Fsp3) is 0.212. The van der Waals surface area contributed by atoms with Crippen molar-refractivity contribution in [1.82, 2.24) is 25.2 Å². The van der Waals surface area contributed by atoms with E-state index in [1.54, 1.807) is 36.4 Å². The Labute approximate surface area is 264 Å². The van der Waals surface area contributed by atoms with E-state index < -0.39 is 54.0 Å². The van der Waals surface area contributed by atoms with Crippen molar-refractivity contribution in [2.75, 3.05) is 6.61 Å². The highest BCUT2D eigenvalue weighted by Crippen LogP contribution is 2.46. The first-order valence-electron chi connectivity index (χ1n) is 13.9. The summed E-state index contributed by atoms with van der Waals surface area (Å²) in [5.41, 5.74) is -2.50. The van der Waals surface area contributed by atoms with Crippen molar-refractivity contribution in [3.63, 3.8) is 0 Å². The van der Waals surface area contributed by atoms with Crippen LogP contribution in [-0.2, 0) is 36.0 Å².